The van der Waals surface area contributed by atoms with Gasteiger partial charge in [-0.05, 0) is 19.1 Å². The molecule has 82 valence electrons. The number of benzene rings is 1. The molecule has 0 aromatic heterocycles. The zero-order valence-electron chi connectivity index (χ0n) is 8.14. The maximum absolute atomic E-state index is 12.5. The van der Waals surface area contributed by atoms with Crippen LogP contribution >= 0.6 is 0 Å². The highest BCUT2D eigenvalue weighted by Gasteiger charge is 2.34. The van der Waals surface area contributed by atoms with Crippen molar-refractivity contribution in [3.63, 3.8) is 0 Å². The quantitative estimate of drug-likeness (QED) is 0.769. The Labute approximate surface area is 86.0 Å². The first-order valence-corrected chi connectivity index (χ1v) is 4.42. The van der Waals surface area contributed by atoms with Crippen molar-refractivity contribution in [3.05, 3.63) is 23.8 Å². The van der Waals surface area contributed by atoms with Gasteiger partial charge >= 0.3 is 13.7 Å². The monoisotopic (exact) mass is 218 g/mol. The van der Waals surface area contributed by atoms with Gasteiger partial charge in [-0.3, -0.25) is 0 Å². The minimum absolute atomic E-state index is 0.168. The van der Waals surface area contributed by atoms with Gasteiger partial charge in [-0.15, -0.1) is 0 Å². The van der Waals surface area contributed by atoms with Crippen LogP contribution in [0, 0.1) is 0 Å². The number of hydrogen-bond donors (Lipinski definition) is 1. The molecule has 0 aliphatic heterocycles. The van der Waals surface area contributed by atoms with E-state index in [2.05, 4.69) is 0 Å². The highest BCUT2D eigenvalue weighted by molar-refractivity contribution is 6.45. The molecule has 0 fully saturated rings. The summed E-state index contributed by atoms with van der Waals surface area (Å²) in [6.07, 6.45) is -4.46. The first-order chi connectivity index (χ1) is 6.99. The Balaban J connectivity index is 3.16. The Hall–Kier alpha value is -1.17. The summed E-state index contributed by atoms with van der Waals surface area (Å²) < 4.78 is 42.4. The molecule has 0 radical (unpaired) electrons. The molecular formula is C9H10BF3O2. The largest absolute Gasteiger partial charge is 0.493 e. The molecule has 0 amide bonds. The second-order valence-corrected chi connectivity index (χ2v) is 2.92. The summed E-state index contributed by atoms with van der Waals surface area (Å²) in [4.78, 5) is 0. The van der Waals surface area contributed by atoms with Gasteiger partial charge in [0.2, 0.25) is 0 Å². The van der Waals surface area contributed by atoms with Crippen LogP contribution in [0.1, 0.15) is 12.5 Å². The molecule has 1 rings (SSSR count). The SMILES string of the molecule is CCOc1ccc(BO)cc1C(F)(F)F. The molecule has 1 N–H and O–H groups in total. The Morgan fingerprint density at radius 1 is 1.40 bits per heavy atom. The van der Waals surface area contributed by atoms with Crippen LogP contribution in [0.25, 0.3) is 0 Å². The van der Waals surface area contributed by atoms with E-state index < -0.39 is 19.2 Å². The number of halogens is 3. The second-order valence-electron chi connectivity index (χ2n) is 2.92. The van der Waals surface area contributed by atoms with Gasteiger partial charge in [-0.2, -0.15) is 13.2 Å². The molecule has 0 unspecified atom stereocenters. The van der Waals surface area contributed by atoms with Crippen LogP contribution in [0.15, 0.2) is 18.2 Å². The normalized spacial score (nSPS) is 11.3. The molecular weight excluding hydrogens is 208 g/mol. The molecule has 15 heavy (non-hydrogen) atoms. The molecule has 0 atom stereocenters. The van der Waals surface area contributed by atoms with E-state index in [1.54, 1.807) is 6.92 Å². The maximum atomic E-state index is 12.5. The van der Waals surface area contributed by atoms with Crippen molar-refractivity contribution in [2.75, 3.05) is 6.61 Å². The standard InChI is InChI=1S/C9H10BF3O2/c1-2-15-8-4-3-6(10-14)5-7(8)9(11,12)13/h3-5,10,14H,2H2,1H3. The van der Waals surface area contributed by atoms with Gasteiger partial charge in [-0.1, -0.05) is 11.5 Å². The fourth-order valence-corrected chi connectivity index (χ4v) is 1.18. The van der Waals surface area contributed by atoms with Gasteiger partial charge in [-0.25, -0.2) is 0 Å². The third-order valence-corrected chi connectivity index (χ3v) is 1.83. The van der Waals surface area contributed by atoms with Crippen molar-refractivity contribution in [2.24, 2.45) is 0 Å². The van der Waals surface area contributed by atoms with Crippen LogP contribution in [0.4, 0.5) is 13.2 Å². The van der Waals surface area contributed by atoms with E-state index in [1.807, 2.05) is 0 Å². The third kappa shape index (κ3) is 2.89. The Kier molecular flexibility index (Phi) is 3.63. The van der Waals surface area contributed by atoms with Crippen molar-refractivity contribution in [2.45, 2.75) is 13.1 Å². The molecule has 1 aromatic carbocycles. The summed E-state index contributed by atoms with van der Waals surface area (Å²) >= 11 is 0. The number of ether oxygens (including phenoxy) is 1. The fraction of sp³-hybridized carbons (Fsp3) is 0.333. The van der Waals surface area contributed by atoms with Gasteiger partial charge in [0.05, 0.1) is 12.2 Å². The van der Waals surface area contributed by atoms with E-state index >= 15 is 0 Å². The molecule has 0 heterocycles. The minimum atomic E-state index is -4.46. The molecule has 2 nitrogen and oxygen atoms in total. The summed E-state index contributed by atoms with van der Waals surface area (Å²) in [7, 11) is -0.421. The fourth-order valence-electron chi connectivity index (χ4n) is 1.18. The zero-order valence-corrected chi connectivity index (χ0v) is 8.14. The highest BCUT2D eigenvalue weighted by Crippen LogP contribution is 2.35. The van der Waals surface area contributed by atoms with E-state index in [0.29, 0.717) is 0 Å². The average molecular weight is 218 g/mol. The van der Waals surface area contributed by atoms with Gasteiger partial charge < -0.3 is 9.76 Å². The number of hydrogen-bond acceptors (Lipinski definition) is 2. The lowest BCUT2D eigenvalue weighted by atomic mass is 9.87. The molecule has 0 bridgehead atoms. The van der Waals surface area contributed by atoms with E-state index in [4.69, 9.17) is 9.76 Å². The van der Waals surface area contributed by atoms with Crippen LogP contribution in [0.2, 0.25) is 0 Å². The molecule has 0 aliphatic carbocycles. The molecule has 6 heteroatoms. The van der Waals surface area contributed by atoms with Crippen LogP contribution < -0.4 is 10.2 Å². The minimum Gasteiger partial charge on any atom is -0.493 e. The van der Waals surface area contributed by atoms with Gasteiger partial charge in [0.15, 0.2) is 0 Å². The van der Waals surface area contributed by atoms with Gasteiger partial charge in [0.25, 0.3) is 0 Å². The van der Waals surface area contributed by atoms with E-state index in [-0.39, 0.29) is 17.8 Å². The van der Waals surface area contributed by atoms with Crippen molar-refractivity contribution in [1.29, 1.82) is 0 Å². The third-order valence-electron chi connectivity index (χ3n) is 1.83. The Morgan fingerprint density at radius 3 is 2.53 bits per heavy atom. The highest BCUT2D eigenvalue weighted by atomic mass is 19.4. The molecule has 0 saturated carbocycles. The molecule has 0 aliphatic rings. The van der Waals surface area contributed by atoms with E-state index in [9.17, 15) is 13.2 Å². The molecule has 0 saturated heterocycles. The maximum Gasteiger partial charge on any atom is 0.419 e. The van der Waals surface area contributed by atoms with Crippen molar-refractivity contribution in [3.8, 4) is 5.75 Å². The summed E-state index contributed by atoms with van der Waals surface area (Å²) in [5, 5.41) is 8.74. The zero-order chi connectivity index (χ0) is 11.5. The first kappa shape index (κ1) is 11.9. The predicted octanol–water partition coefficient (Wildman–Crippen LogP) is 1.07. The van der Waals surface area contributed by atoms with Crippen molar-refractivity contribution in [1.82, 2.24) is 0 Å². The van der Waals surface area contributed by atoms with Crippen molar-refractivity contribution < 1.29 is 22.9 Å². The summed E-state index contributed by atoms with van der Waals surface area (Å²) in [6.45, 7) is 1.78. The lowest BCUT2D eigenvalue weighted by Crippen LogP contribution is -2.18. The van der Waals surface area contributed by atoms with Crippen LogP contribution in [0.3, 0.4) is 0 Å². The number of alkyl halides is 3. The van der Waals surface area contributed by atoms with Crippen LogP contribution in [-0.4, -0.2) is 19.1 Å². The lowest BCUT2D eigenvalue weighted by Gasteiger charge is -2.13. The topological polar surface area (TPSA) is 29.5 Å². The van der Waals surface area contributed by atoms with Crippen molar-refractivity contribution >= 4 is 12.9 Å². The second kappa shape index (κ2) is 4.57. The summed E-state index contributed by atoms with van der Waals surface area (Å²) in [5.41, 5.74) is -0.637. The first-order valence-electron chi connectivity index (χ1n) is 4.42. The predicted molar refractivity (Wildman–Crippen MR) is 51.6 cm³/mol. The lowest BCUT2D eigenvalue weighted by molar-refractivity contribution is -0.138. The Morgan fingerprint density at radius 2 is 2.07 bits per heavy atom. The Bertz CT molecular complexity index is 339. The summed E-state index contributed by atoms with van der Waals surface area (Å²) in [5.74, 6) is -0.206. The van der Waals surface area contributed by atoms with E-state index in [0.717, 1.165) is 6.07 Å². The average Bonchev–Trinajstić information content (AvgIpc) is 2.17. The van der Waals surface area contributed by atoms with E-state index in [1.165, 1.54) is 12.1 Å². The van der Waals surface area contributed by atoms with Gasteiger partial charge in [0, 0.05) is 0 Å². The molecule has 0 spiro atoms. The van der Waals surface area contributed by atoms with Crippen LogP contribution in [0.5, 0.6) is 5.75 Å². The molecule has 1 aromatic rings. The summed E-state index contributed by atoms with van der Waals surface area (Å²) in [6, 6.07) is 3.52. The van der Waals surface area contributed by atoms with Gasteiger partial charge in [0.1, 0.15) is 5.75 Å². The smallest absolute Gasteiger partial charge is 0.419 e. The number of rotatable bonds is 3. The van der Waals surface area contributed by atoms with Crippen LogP contribution in [-0.2, 0) is 6.18 Å².